The van der Waals surface area contributed by atoms with Gasteiger partial charge in [-0.05, 0) is 38.1 Å². The molecule has 0 aliphatic carbocycles. The molecule has 1 aromatic rings. The molecular weight excluding hydrogens is 226 g/mol. The van der Waals surface area contributed by atoms with E-state index in [1.165, 1.54) is 0 Å². The number of rotatable bonds is 7. The predicted octanol–water partition coefficient (Wildman–Crippen LogP) is 1.82. The predicted molar refractivity (Wildman–Crippen MR) is 73.1 cm³/mol. The van der Waals surface area contributed by atoms with E-state index in [0.717, 1.165) is 18.7 Å². The van der Waals surface area contributed by atoms with Gasteiger partial charge in [0.15, 0.2) is 0 Å². The van der Waals surface area contributed by atoms with Crippen molar-refractivity contribution in [3.05, 3.63) is 30.1 Å². The van der Waals surface area contributed by atoms with Crippen LogP contribution in [0.3, 0.4) is 0 Å². The maximum Gasteiger partial charge on any atom is 0.224 e. The van der Waals surface area contributed by atoms with Crippen molar-refractivity contribution < 1.29 is 4.79 Å². The summed E-state index contributed by atoms with van der Waals surface area (Å²) in [7, 11) is 0. The second-order valence-electron chi connectivity index (χ2n) is 4.43. The van der Waals surface area contributed by atoms with Gasteiger partial charge in [0.25, 0.3) is 0 Å². The van der Waals surface area contributed by atoms with E-state index >= 15 is 0 Å². The molecule has 4 nitrogen and oxygen atoms in total. The number of amides is 1. The summed E-state index contributed by atoms with van der Waals surface area (Å²) in [6.07, 6.45) is 4.07. The highest BCUT2D eigenvalue weighted by molar-refractivity contribution is 5.76. The van der Waals surface area contributed by atoms with Gasteiger partial charge in [-0.15, -0.1) is 0 Å². The fourth-order valence-corrected chi connectivity index (χ4v) is 1.90. The van der Waals surface area contributed by atoms with E-state index in [9.17, 15) is 4.79 Å². The number of pyridine rings is 1. The van der Waals surface area contributed by atoms with E-state index < -0.39 is 0 Å². The minimum absolute atomic E-state index is 0.197. The van der Waals surface area contributed by atoms with Crippen LogP contribution in [-0.4, -0.2) is 34.9 Å². The monoisotopic (exact) mass is 249 g/mol. The third-order valence-corrected chi connectivity index (χ3v) is 2.89. The first-order valence-electron chi connectivity index (χ1n) is 6.57. The molecule has 0 aromatic carbocycles. The van der Waals surface area contributed by atoms with Crippen LogP contribution in [0.25, 0.3) is 0 Å². The van der Waals surface area contributed by atoms with Crippen molar-refractivity contribution in [2.45, 2.75) is 39.8 Å². The van der Waals surface area contributed by atoms with Crippen LogP contribution < -0.4 is 5.32 Å². The molecular formula is C14H23N3O. The molecule has 1 aromatic heterocycles. The van der Waals surface area contributed by atoms with Crippen molar-refractivity contribution in [1.29, 1.82) is 0 Å². The molecule has 1 rings (SSSR count). The van der Waals surface area contributed by atoms with Crippen LogP contribution in [0, 0.1) is 0 Å². The average Bonchev–Trinajstić information content (AvgIpc) is 2.37. The molecule has 0 aliphatic rings. The second-order valence-corrected chi connectivity index (χ2v) is 4.43. The lowest BCUT2D eigenvalue weighted by molar-refractivity contribution is -0.132. The molecule has 0 radical (unpaired) electrons. The number of aromatic nitrogens is 1. The maximum absolute atomic E-state index is 12.1. The van der Waals surface area contributed by atoms with Crippen LogP contribution in [0.15, 0.2) is 24.5 Å². The van der Waals surface area contributed by atoms with E-state index in [1.54, 1.807) is 12.4 Å². The van der Waals surface area contributed by atoms with E-state index in [4.69, 9.17) is 0 Å². The smallest absolute Gasteiger partial charge is 0.224 e. The summed E-state index contributed by atoms with van der Waals surface area (Å²) in [4.78, 5) is 18.0. The first-order valence-corrected chi connectivity index (χ1v) is 6.57. The SMILES string of the molecule is CCNC(C)CC(=O)N(CC)Cc1ccncc1. The zero-order valence-electron chi connectivity index (χ0n) is 11.5. The molecule has 0 saturated carbocycles. The molecule has 1 amide bonds. The first-order chi connectivity index (χ1) is 8.67. The standard InChI is InChI=1S/C14H23N3O/c1-4-16-12(3)10-14(18)17(5-2)11-13-6-8-15-9-7-13/h6-9,12,16H,4-5,10-11H2,1-3H3. The van der Waals surface area contributed by atoms with Crippen LogP contribution >= 0.6 is 0 Å². The molecule has 4 heteroatoms. The Hall–Kier alpha value is -1.42. The molecule has 18 heavy (non-hydrogen) atoms. The van der Waals surface area contributed by atoms with Gasteiger partial charge in [-0.25, -0.2) is 0 Å². The summed E-state index contributed by atoms with van der Waals surface area (Å²) in [5.41, 5.74) is 1.12. The topological polar surface area (TPSA) is 45.2 Å². The maximum atomic E-state index is 12.1. The van der Waals surface area contributed by atoms with E-state index in [0.29, 0.717) is 13.0 Å². The normalized spacial score (nSPS) is 12.2. The molecule has 100 valence electrons. The van der Waals surface area contributed by atoms with Gasteiger partial charge in [0, 0.05) is 37.9 Å². The van der Waals surface area contributed by atoms with Gasteiger partial charge in [0.2, 0.25) is 5.91 Å². The molecule has 0 aliphatic heterocycles. The van der Waals surface area contributed by atoms with Crippen molar-refractivity contribution in [2.24, 2.45) is 0 Å². The Morgan fingerprint density at radius 3 is 2.61 bits per heavy atom. The van der Waals surface area contributed by atoms with E-state index in [-0.39, 0.29) is 11.9 Å². The summed E-state index contributed by atoms with van der Waals surface area (Å²) >= 11 is 0. The summed E-state index contributed by atoms with van der Waals surface area (Å²) in [6.45, 7) is 8.40. The van der Waals surface area contributed by atoms with Crippen molar-refractivity contribution in [1.82, 2.24) is 15.2 Å². The minimum Gasteiger partial charge on any atom is -0.339 e. The van der Waals surface area contributed by atoms with Crippen LogP contribution in [0.1, 0.15) is 32.8 Å². The van der Waals surface area contributed by atoms with Crippen LogP contribution in [0.2, 0.25) is 0 Å². The van der Waals surface area contributed by atoms with Gasteiger partial charge < -0.3 is 10.2 Å². The fraction of sp³-hybridized carbons (Fsp3) is 0.571. The Bertz CT molecular complexity index is 353. The highest BCUT2D eigenvalue weighted by Gasteiger charge is 2.14. The molecule has 1 heterocycles. The van der Waals surface area contributed by atoms with Gasteiger partial charge in [0.05, 0.1) is 0 Å². The van der Waals surface area contributed by atoms with Gasteiger partial charge in [-0.2, -0.15) is 0 Å². The average molecular weight is 249 g/mol. The Labute approximate surface area is 109 Å². The Kier molecular flexibility index (Phi) is 6.36. The van der Waals surface area contributed by atoms with Gasteiger partial charge in [-0.1, -0.05) is 6.92 Å². The Morgan fingerprint density at radius 1 is 1.39 bits per heavy atom. The van der Waals surface area contributed by atoms with Gasteiger partial charge in [0.1, 0.15) is 0 Å². The molecule has 1 N–H and O–H groups in total. The molecule has 1 unspecified atom stereocenters. The Morgan fingerprint density at radius 2 is 2.06 bits per heavy atom. The highest BCUT2D eigenvalue weighted by atomic mass is 16.2. The molecule has 0 spiro atoms. The lowest BCUT2D eigenvalue weighted by Crippen LogP contribution is -2.36. The fourth-order valence-electron chi connectivity index (χ4n) is 1.90. The number of hydrogen-bond acceptors (Lipinski definition) is 3. The largest absolute Gasteiger partial charge is 0.339 e. The highest BCUT2D eigenvalue weighted by Crippen LogP contribution is 2.06. The van der Waals surface area contributed by atoms with Crippen LogP contribution in [-0.2, 0) is 11.3 Å². The summed E-state index contributed by atoms with van der Waals surface area (Å²) in [5.74, 6) is 0.197. The van der Waals surface area contributed by atoms with Gasteiger partial charge in [-0.3, -0.25) is 9.78 Å². The number of carbonyl (C=O) groups excluding carboxylic acids is 1. The molecule has 0 bridgehead atoms. The van der Waals surface area contributed by atoms with E-state index in [1.807, 2.05) is 30.9 Å². The molecule has 0 fully saturated rings. The molecule has 0 saturated heterocycles. The lowest BCUT2D eigenvalue weighted by atomic mass is 10.2. The van der Waals surface area contributed by atoms with Crippen molar-refractivity contribution in [3.8, 4) is 0 Å². The quantitative estimate of drug-likeness (QED) is 0.801. The summed E-state index contributed by atoms with van der Waals surface area (Å²) < 4.78 is 0. The summed E-state index contributed by atoms with van der Waals surface area (Å²) in [5, 5.41) is 3.26. The zero-order chi connectivity index (χ0) is 13.4. The van der Waals surface area contributed by atoms with Crippen molar-refractivity contribution in [2.75, 3.05) is 13.1 Å². The summed E-state index contributed by atoms with van der Waals surface area (Å²) in [6, 6.07) is 4.13. The minimum atomic E-state index is 0.197. The van der Waals surface area contributed by atoms with Crippen LogP contribution in [0.4, 0.5) is 0 Å². The number of nitrogens with zero attached hydrogens (tertiary/aromatic N) is 2. The van der Waals surface area contributed by atoms with Crippen molar-refractivity contribution in [3.63, 3.8) is 0 Å². The first kappa shape index (κ1) is 14.6. The van der Waals surface area contributed by atoms with Crippen molar-refractivity contribution >= 4 is 5.91 Å². The molecule has 1 atom stereocenters. The van der Waals surface area contributed by atoms with Gasteiger partial charge >= 0.3 is 0 Å². The third kappa shape index (κ3) is 4.84. The third-order valence-electron chi connectivity index (χ3n) is 2.89. The Balaban J connectivity index is 2.52. The second kappa shape index (κ2) is 7.82. The zero-order valence-corrected chi connectivity index (χ0v) is 11.5. The van der Waals surface area contributed by atoms with Crippen LogP contribution in [0.5, 0.6) is 0 Å². The number of nitrogens with one attached hydrogen (secondary N) is 1. The lowest BCUT2D eigenvalue weighted by Gasteiger charge is -2.23. The van der Waals surface area contributed by atoms with E-state index in [2.05, 4.69) is 17.2 Å². The number of carbonyl (C=O) groups is 1. The number of hydrogen-bond donors (Lipinski definition) is 1.